The van der Waals surface area contributed by atoms with E-state index in [0.29, 0.717) is 12.4 Å². The van der Waals surface area contributed by atoms with Crippen molar-refractivity contribution >= 4 is 17.2 Å². The summed E-state index contributed by atoms with van der Waals surface area (Å²) in [6.07, 6.45) is -0.00381. The Morgan fingerprint density at radius 1 is 1.47 bits per heavy atom. The number of hydrogen-bond acceptors (Lipinski definition) is 6. The molecule has 2 N–H and O–H groups in total. The van der Waals surface area contributed by atoms with Crippen LogP contribution in [0.15, 0.2) is 29.1 Å². The van der Waals surface area contributed by atoms with Crippen molar-refractivity contribution in [1.82, 2.24) is 14.9 Å². The summed E-state index contributed by atoms with van der Waals surface area (Å²) < 4.78 is 5.79. The molecular weight excluding hydrogens is 260 g/mol. The highest BCUT2D eigenvalue weighted by Gasteiger charge is 2.23. The van der Waals surface area contributed by atoms with Crippen molar-refractivity contribution < 1.29 is 4.74 Å². The van der Waals surface area contributed by atoms with Gasteiger partial charge in [0.15, 0.2) is 0 Å². The van der Waals surface area contributed by atoms with E-state index in [9.17, 15) is 0 Å². The SMILES string of the molecule is Nc1cccc(C2CN(Cc3cscn3)CCO2)n1. The van der Waals surface area contributed by atoms with Crippen LogP contribution in [-0.4, -0.2) is 34.6 Å². The number of nitrogens with zero attached hydrogens (tertiary/aromatic N) is 3. The molecule has 1 aliphatic rings. The van der Waals surface area contributed by atoms with Gasteiger partial charge in [0.05, 0.1) is 23.5 Å². The zero-order valence-electron chi connectivity index (χ0n) is 10.5. The Morgan fingerprint density at radius 3 is 3.21 bits per heavy atom. The fraction of sp³-hybridized carbons (Fsp3) is 0.385. The van der Waals surface area contributed by atoms with Crippen LogP contribution in [0.5, 0.6) is 0 Å². The Hall–Kier alpha value is -1.50. The standard InChI is InChI=1S/C13H16N4OS/c14-13-3-1-2-11(16-13)12-7-17(4-5-18-12)6-10-8-19-9-15-10/h1-3,8-9,12H,4-7H2,(H2,14,16). The first kappa shape index (κ1) is 12.5. The lowest BCUT2D eigenvalue weighted by molar-refractivity contribution is -0.0352. The van der Waals surface area contributed by atoms with Crippen LogP contribution in [0.1, 0.15) is 17.5 Å². The third kappa shape index (κ3) is 3.09. The summed E-state index contributed by atoms with van der Waals surface area (Å²) >= 11 is 1.63. The van der Waals surface area contributed by atoms with E-state index < -0.39 is 0 Å². The maximum absolute atomic E-state index is 5.79. The van der Waals surface area contributed by atoms with Gasteiger partial charge in [-0.05, 0) is 12.1 Å². The number of morpholine rings is 1. The minimum atomic E-state index is -0.00381. The molecule has 1 unspecified atom stereocenters. The minimum absolute atomic E-state index is 0.00381. The molecule has 1 saturated heterocycles. The molecule has 0 spiro atoms. The van der Waals surface area contributed by atoms with Gasteiger partial charge in [-0.25, -0.2) is 9.97 Å². The molecule has 100 valence electrons. The summed E-state index contributed by atoms with van der Waals surface area (Å²) in [6, 6.07) is 5.67. The molecule has 0 saturated carbocycles. The predicted molar refractivity (Wildman–Crippen MR) is 74.7 cm³/mol. The van der Waals surface area contributed by atoms with Crippen LogP contribution in [0.2, 0.25) is 0 Å². The number of rotatable bonds is 3. The summed E-state index contributed by atoms with van der Waals surface area (Å²) in [5.74, 6) is 0.540. The quantitative estimate of drug-likeness (QED) is 0.924. The molecule has 2 aromatic rings. The summed E-state index contributed by atoms with van der Waals surface area (Å²) in [5.41, 5.74) is 9.61. The molecule has 0 aromatic carbocycles. The van der Waals surface area contributed by atoms with E-state index >= 15 is 0 Å². The van der Waals surface area contributed by atoms with Crippen LogP contribution in [-0.2, 0) is 11.3 Å². The maximum atomic E-state index is 5.79. The van der Waals surface area contributed by atoms with Crippen molar-refractivity contribution in [1.29, 1.82) is 0 Å². The third-order valence-corrected chi connectivity index (χ3v) is 3.78. The Morgan fingerprint density at radius 2 is 2.42 bits per heavy atom. The highest BCUT2D eigenvalue weighted by molar-refractivity contribution is 7.07. The van der Waals surface area contributed by atoms with Crippen molar-refractivity contribution in [3.63, 3.8) is 0 Å². The number of anilines is 1. The van der Waals surface area contributed by atoms with Crippen LogP contribution in [0, 0.1) is 0 Å². The van der Waals surface area contributed by atoms with Gasteiger partial charge in [0, 0.05) is 25.0 Å². The van der Waals surface area contributed by atoms with Gasteiger partial charge in [-0.1, -0.05) is 6.07 Å². The van der Waals surface area contributed by atoms with E-state index in [1.54, 1.807) is 17.4 Å². The molecular formula is C13H16N4OS. The van der Waals surface area contributed by atoms with Crippen LogP contribution < -0.4 is 5.73 Å². The molecule has 3 rings (SSSR count). The van der Waals surface area contributed by atoms with E-state index in [4.69, 9.17) is 10.5 Å². The molecule has 1 aliphatic heterocycles. The molecule has 3 heterocycles. The van der Waals surface area contributed by atoms with Crippen molar-refractivity contribution in [2.45, 2.75) is 12.6 Å². The molecule has 1 atom stereocenters. The van der Waals surface area contributed by atoms with Gasteiger partial charge in [-0.15, -0.1) is 11.3 Å². The van der Waals surface area contributed by atoms with E-state index in [2.05, 4.69) is 20.2 Å². The van der Waals surface area contributed by atoms with Crippen LogP contribution in [0.25, 0.3) is 0 Å². The van der Waals surface area contributed by atoms with Gasteiger partial charge >= 0.3 is 0 Å². The van der Waals surface area contributed by atoms with Crippen molar-refractivity contribution in [2.24, 2.45) is 0 Å². The second kappa shape index (κ2) is 5.64. The zero-order valence-corrected chi connectivity index (χ0v) is 11.3. The Kier molecular flexibility index (Phi) is 3.72. The lowest BCUT2D eigenvalue weighted by Gasteiger charge is -2.32. The average Bonchev–Trinajstić information content (AvgIpc) is 2.92. The van der Waals surface area contributed by atoms with E-state index in [0.717, 1.165) is 31.0 Å². The molecule has 6 heteroatoms. The molecule has 0 bridgehead atoms. The van der Waals surface area contributed by atoms with Gasteiger partial charge in [-0.3, -0.25) is 4.90 Å². The van der Waals surface area contributed by atoms with Crippen molar-refractivity contribution in [3.05, 3.63) is 40.5 Å². The minimum Gasteiger partial charge on any atom is -0.384 e. The lowest BCUT2D eigenvalue weighted by Crippen LogP contribution is -2.38. The first-order valence-corrected chi connectivity index (χ1v) is 7.19. The predicted octanol–water partition coefficient (Wildman–Crippen LogP) is 1.69. The fourth-order valence-corrected chi connectivity index (χ4v) is 2.77. The topological polar surface area (TPSA) is 64.3 Å². The van der Waals surface area contributed by atoms with Crippen molar-refractivity contribution in [2.75, 3.05) is 25.4 Å². The average molecular weight is 276 g/mol. The largest absolute Gasteiger partial charge is 0.384 e. The van der Waals surface area contributed by atoms with E-state index in [1.807, 2.05) is 17.6 Å². The highest BCUT2D eigenvalue weighted by Crippen LogP contribution is 2.22. The van der Waals surface area contributed by atoms with Gasteiger partial charge in [0.25, 0.3) is 0 Å². The van der Waals surface area contributed by atoms with E-state index in [-0.39, 0.29) is 6.10 Å². The summed E-state index contributed by atoms with van der Waals surface area (Å²) in [7, 11) is 0. The summed E-state index contributed by atoms with van der Waals surface area (Å²) in [4.78, 5) is 11.0. The number of thiazole rings is 1. The maximum Gasteiger partial charge on any atom is 0.123 e. The van der Waals surface area contributed by atoms with Gasteiger partial charge < -0.3 is 10.5 Å². The van der Waals surface area contributed by atoms with Crippen molar-refractivity contribution in [3.8, 4) is 0 Å². The van der Waals surface area contributed by atoms with Gasteiger partial charge in [-0.2, -0.15) is 0 Å². The van der Waals surface area contributed by atoms with Gasteiger partial charge in [0.2, 0.25) is 0 Å². The van der Waals surface area contributed by atoms with E-state index in [1.165, 1.54) is 0 Å². The van der Waals surface area contributed by atoms with Gasteiger partial charge in [0.1, 0.15) is 11.9 Å². The third-order valence-electron chi connectivity index (χ3n) is 3.14. The van der Waals surface area contributed by atoms with Crippen LogP contribution in [0.3, 0.4) is 0 Å². The first-order chi connectivity index (χ1) is 9.31. The Labute approximate surface area is 116 Å². The lowest BCUT2D eigenvalue weighted by atomic mass is 10.2. The summed E-state index contributed by atoms with van der Waals surface area (Å²) in [6.45, 7) is 3.33. The highest BCUT2D eigenvalue weighted by atomic mass is 32.1. The zero-order chi connectivity index (χ0) is 13.1. The number of hydrogen-bond donors (Lipinski definition) is 1. The first-order valence-electron chi connectivity index (χ1n) is 6.25. The Bertz CT molecular complexity index is 531. The number of nitrogen functional groups attached to an aromatic ring is 1. The molecule has 0 radical (unpaired) electrons. The second-order valence-corrected chi connectivity index (χ2v) is 5.28. The smallest absolute Gasteiger partial charge is 0.123 e. The fourth-order valence-electron chi connectivity index (χ4n) is 2.22. The number of ether oxygens (including phenoxy) is 1. The molecule has 0 aliphatic carbocycles. The summed E-state index contributed by atoms with van der Waals surface area (Å²) in [5, 5.41) is 2.09. The van der Waals surface area contributed by atoms with Crippen LogP contribution >= 0.6 is 11.3 Å². The number of nitrogens with two attached hydrogens (primary N) is 1. The molecule has 1 fully saturated rings. The molecule has 0 amide bonds. The Balaban J connectivity index is 1.67. The number of pyridine rings is 1. The normalized spacial score (nSPS) is 20.5. The molecule has 2 aromatic heterocycles. The molecule has 5 nitrogen and oxygen atoms in total. The monoisotopic (exact) mass is 276 g/mol. The number of aromatic nitrogens is 2. The second-order valence-electron chi connectivity index (χ2n) is 4.56. The van der Waals surface area contributed by atoms with Crippen LogP contribution in [0.4, 0.5) is 5.82 Å². The molecule has 19 heavy (non-hydrogen) atoms.